The summed E-state index contributed by atoms with van der Waals surface area (Å²) in [7, 11) is 0. The molecule has 0 spiro atoms. The molecule has 1 aliphatic rings. The fourth-order valence-electron chi connectivity index (χ4n) is 3.53. The summed E-state index contributed by atoms with van der Waals surface area (Å²) >= 11 is 1.70. The van der Waals surface area contributed by atoms with Crippen LogP contribution in [0.5, 0.6) is 0 Å². The van der Waals surface area contributed by atoms with Crippen LogP contribution in [-0.4, -0.2) is 35.5 Å². The molecular formula is C20H22N4O2S. The van der Waals surface area contributed by atoms with Crippen LogP contribution < -0.4 is 15.8 Å². The number of carbonyl (C=O) groups excluding carboxylic acids is 1. The normalized spacial score (nSPS) is 17.2. The number of rotatable bonds is 5. The van der Waals surface area contributed by atoms with Crippen LogP contribution in [0.3, 0.4) is 0 Å². The van der Waals surface area contributed by atoms with Gasteiger partial charge in [-0.25, -0.2) is 4.98 Å². The Bertz CT molecular complexity index is 983. The van der Waals surface area contributed by atoms with Crippen LogP contribution in [0, 0.1) is 5.92 Å². The number of anilines is 1. The molecule has 1 saturated heterocycles. The van der Waals surface area contributed by atoms with Crippen molar-refractivity contribution >= 4 is 34.1 Å². The molecular weight excluding hydrogens is 360 g/mol. The van der Waals surface area contributed by atoms with Gasteiger partial charge in [0.15, 0.2) is 5.82 Å². The van der Waals surface area contributed by atoms with Gasteiger partial charge in [0.2, 0.25) is 5.91 Å². The predicted octanol–water partition coefficient (Wildman–Crippen LogP) is 2.56. The Morgan fingerprint density at radius 1 is 1.30 bits per heavy atom. The lowest BCUT2D eigenvalue weighted by Gasteiger charge is -2.32. The summed E-state index contributed by atoms with van der Waals surface area (Å²) in [5, 5.41) is 5.09. The van der Waals surface area contributed by atoms with E-state index in [1.807, 2.05) is 40.6 Å². The highest BCUT2D eigenvalue weighted by Gasteiger charge is 2.27. The van der Waals surface area contributed by atoms with E-state index in [4.69, 9.17) is 0 Å². The fourth-order valence-corrected chi connectivity index (χ4v) is 4.23. The number of hydrogen-bond donors (Lipinski definition) is 2. The van der Waals surface area contributed by atoms with E-state index in [0.29, 0.717) is 18.9 Å². The molecule has 3 heterocycles. The molecule has 4 rings (SSSR count). The number of aromatic nitrogens is 2. The van der Waals surface area contributed by atoms with Crippen LogP contribution in [0.4, 0.5) is 5.82 Å². The molecule has 0 aliphatic carbocycles. The summed E-state index contributed by atoms with van der Waals surface area (Å²) < 4.78 is 0. The fraction of sp³-hybridized carbons (Fsp3) is 0.350. The van der Waals surface area contributed by atoms with Gasteiger partial charge in [0.1, 0.15) is 0 Å². The van der Waals surface area contributed by atoms with Gasteiger partial charge in [0.05, 0.1) is 17.0 Å². The monoisotopic (exact) mass is 382 g/mol. The lowest BCUT2D eigenvalue weighted by atomic mass is 9.97. The van der Waals surface area contributed by atoms with Crippen molar-refractivity contribution in [1.29, 1.82) is 0 Å². The Kier molecular flexibility index (Phi) is 5.20. The van der Waals surface area contributed by atoms with Crippen LogP contribution in [0.2, 0.25) is 0 Å². The molecule has 3 aromatic rings. The van der Waals surface area contributed by atoms with Crippen molar-refractivity contribution in [2.75, 3.05) is 24.5 Å². The lowest BCUT2D eigenvalue weighted by molar-refractivity contribution is -0.125. The molecule has 1 aliphatic heterocycles. The van der Waals surface area contributed by atoms with Gasteiger partial charge in [-0.05, 0) is 42.8 Å². The molecule has 2 N–H and O–H groups in total. The Morgan fingerprint density at radius 2 is 2.19 bits per heavy atom. The first-order valence-corrected chi connectivity index (χ1v) is 10.1. The zero-order chi connectivity index (χ0) is 18.6. The minimum absolute atomic E-state index is 0.0634. The number of amides is 1. The number of fused-ring (bicyclic) bond motifs is 1. The molecule has 1 unspecified atom stereocenters. The molecule has 27 heavy (non-hydrogen) atoms. The van der Waals surface area contributed by atoms with E-state index in [9.17, 15) is 9.59 Å². The van der Waals surface area contributed by atoms with Gasteiger partial charge in [0.25, 0.3) is 5.56 Å². The molecule has 1 aromatic carbocycles. The van der Waals surface area contributed by atoms with E-state index in [2.05, 4.69) is 21.4 Å². The van der Waals surface area contributed by atoms with Gasteiger partial charge in [-0.3, -0.25) is 9.59 Å². The second-order valence-corrected chi connectivity index (χ2v) is 7.84. The van der Waals surface area contributed by atoms with E-state index >= 15 is 0 Å². The summed E-state index contributed by atoms with van der Waals surface area (Å²) in [4.78, 5) is 35.7. The maximum atomic E-state index is 12.6. The maximum Gasteiger partial charge on any atom is 0.291 e. The standard InChI is InChI=1S/C20H22N4O2S/c25-19(21-10-9-15-6-4-12-27-15)14-5-3-11-24(13-14)18-20(26)23-17-8-2-1-7-16(17)22-18/h1-2,4,6-8,12,14H,3,5,9-11,13H2,(H,21,25)(H,23,26). The highest BCUT2D eigenvalue weighted by atomic mass is 32.1. The van der Waals surface area contributed by atoms with Gasteiger partial charge in [0, 0.05) is 24.5 Å². The SMILES string of the molecule is O=C(NCCc1cccs1)C1CCCN(c2nc3ccccc3[nH]c2=O)C1. The number of benzene rings is 1. The summed E-state index contributed by atoms with van der Waals surface area (Å²) in [6.45, 7) is 1.91. The minimum Gasteiger partial charge on any atom is -0.355 e. The van der Waals surface area contributed by atoms with E-state index in [1.165, 1.54) is 4.88 Å². The second-order valence-electron chi connectivity index (χ2n) is 6.81. The van der Waals surface area contributed by atoms with E-state index in [1.54, 1.807) is 11.3 Å². The Balaban J connectivity index is 1.42. The van der Waals surface area contributed by atoms with Crippen LogP contribution in [0.1, 0.15) is 17.7 Å². The van der Waals surface area contributed by atoms with Crippen LogP contribution in [-0.2, 0) is 11.2 Å². The van der Waals surface area contributed by atoms with Crippen molar-refractivity contribution in [3.05, 3.63) is 57.0 Å². The third-order valence-electron chi connectivity index (χ3n) is 4.92. The topological polar surface area (TPSA) is 78.1 Å². The number of H-pyrrole nitrogens is 1. The molecule has 1 amide bonds. The quantitative estimate of drug-likeness (QED) is 0.711. The number of aromatic amines is 1. The zero-order valence-electron chi connectivity index (χ0n) is 15.0. The first-order chi connectivity index (χ1) is 13.2. The average molecular weight is 382 g/mol. The first kappa shape index (κ1) is 17.7. The van der Waals surface area contributed by atoms with E-state index < -0.39 is 0 Å². The largest absolute Gasteiger partial charge is 0.355 e. The van der Waals surface area contributed by atoms with E-state index in [0.717, 1.165) is 36.8 Å². The van der Waals surface area contributed by atoms with Crippen molar-refractivity contribution in [1.82, 2.24) is 15.3 Å². The van der Waals surface area contributed by atoms with Gasteiger partial charge < -0.3 is 15.2 Å². The number of piperidine rings is 1. The summed E-state index contributed by atoms with van der Waals surface area (Å²) in [6.07, 6.45) is 2.56. The second kappa shape index (κ2) is 7.92. The Labute approximate surface area is 161 Å². The van der Waals surface area contributed by atoms with Crippen LogP contribution >= 0.6 is 11.3 Å². The van der Waals surface area contributed by atoms with Crippen molar-refractivity contribution in [3.63, 3.8) is 0 Å². The number of thiophene rings is 1. The van der Waals surface area contributed by atoms with Crippen LogP contribution in [0.25, 0.3) is 11.0 Å². The zero-order valence-corrected chi connectivity index (χ0v) is 15.8. The molecule has 0 saturated carbocycles. The third-order valence-corrected chi connectivity index (χ3v) is 5.86. The molecule has 0 bridgehead atoms. The average Bonchev–Trinajstić information content (AvgIpc) is 3.21. The van der Waals surface area contributed by atoms with Crippen molar-refractivity contribution in [2.24, 2.45) is 5.92 Å². The van der Waals surface area contributed by atoms with Crippen molar-refractivity contribution < 1.29 is 4.79 Å². The van der Waals surface area contributed by atoms with Crippen molar-refractivity contribution in [2.45, 2.75) is 19.3 Å². The molecule has 1 fully saturated rings. The highest BCUT2D eigenvalue weighted by molar-refractivity contribution is 7.09. The molecule has 1 atom stereocenters. The molecule has 7 heteroatoms. The summed E-state index contributed by atoms with van der Waals surface area (Å²) in [5.74, 6) is 0.355. The molecule has 2 aromatic heterocycles. The third kappa shape index (κ3) is 4.03. The number of nitrogens with one attached hydrogen (secondary N) is 2. The predicted molar refractivity (Wildman–Crippen MR) is 108 cm³/mol. The van der Waals surface area contributed by atoms with Gasteiger partial charge in [-0.2, -0.15) is 0 Å². The number of nitrogens with zero attached hydrogens (tertiary/aromatic N) is 2. The van der Waals surface area contributed by atoms with Crippen molar-refractivity contribution in [3.8, 4) is 0 Å². The number of hydrogen-bond acceptors (Lipinski definition) is 5. The molecule has 0 radical (unpaired) electrons. The molecule has 6 nitrogen and oxygen atoms in total. The first-order valence-electron chi connectivity index (χ1n) is 9.25. The smallest absolute Gasteiger partial charge is 0.291 e. The highest BCUT2D eigenvalue weighted by Crippen LogP contribution is 2.21. The van der Waals surface area contributed by atoms with Gasteiger partial charge >= 0.3 is 0 Å². The minimum atomic E-state index is -0.201. The van der Waals surface area contributed by atoms with Crippen LogP contribution in [0.15, 0.2) is 46.6 Å². The van der Waals surface area contributed by atoms with E-state index in [-0.39, 0.29) is 17.4 Å². The molecule has 140 valence electrons. The Morgan fingerprint density at radius 3 is 3.04 bits per heavy atom. The Hall–Kier alpha value is -2.67. The van der Waals surface area contributed by atoms with Gasteiger partial charge in [-0.15, -0.1) is 11.3 Å². The maximum absolute atomic E-state index is 12.6. The lowest BCUT2D eigenvalue weighted by Crippen LogP contribution is -2.45. The van der Waals surface area contributed by atoms with Gasteiger partial charge in [-0.1, -0.05) is 18.2 Å². The summed E-state index contributed by atoms with van der Waals surface area (Å²) in [6, 6.07) is 11.6. The number of carbonyl (C=O) groups is 1. The number of para-hydroxylation sites is 2. The summed E-state index contributed by atoms with van der Waals surface area (Å²) in [5.41, 5.74) is 1.29.